The van der Waals surface area contributed by atoms with Crippen molar-refractivity contribution in [1.29, 1.82) is 0 Å². The molecule has 0 amide bonds. The highest BCUT2D eigenvalue weighted by atomic mass is 32.2. The van der Waals surface area contributed by atoms with Gasteiger partial charge in [0.1, 0.15) is 0 Å². The number of benzene rings is 1. The van der Waals surface area contributed by atoms with Crippen LogP contribution in [0.2, 0.25) is 0 Å². The molecular formula is C15H25N3O2S. The second kappa shape index (κ2) is 7.66. The average molecular weight is 311 g/mol. The summed E-state index contributed by atoms with van der Waals surface area (Å²) in [5.74, 6) is 0.0920. The third-order valence-corrected chi connectivity index (χ3v) is 4.95. The molecule has 1 aromatic rings. The van der Waals surface area contributed by atoms with Gasteiger partial charge >= 0.3 is 0 Å². The van der Waals surface area contributed by atoms with Gasteiger partial charge in [0.15, 0.2) is 0 Å². The zero-order valence-electron chi connectivity index (χ0n) is 12.6. The molecule has 2 N–H and O–H groups in total. The van der Waals surface area contributed by atoms with Gasteiger partial charge in [0.2, 0.25) is 10.0 Å². The maximum atomic E-state index is 11.9. The molecule has 21 heavy (non-hydrogen) atoms. The molecule has 1 fully saturated rings. The van der Waals surface area contributed by atoms with Crippen molar-refractivity contribution in [1.82, 2.24) is 5.32 Å². The largest absolute Gasteiger partial charge is 0.372 e. The summed E-state index contributed by atoms with van der Waals surface area (Å²) in [6, 6.07) is 7.67. The van der Waals surface area contributed by atoms with Crippen molar-refractivity contribution in [2.75, 3.05) is 41.6 Å². The summed E-state index contributed by atoms with van der Waals surface area (Å²) >= 11 is 0. The summed E-state index contributed by atoms with van der Waals surface area (Å²) in [4.78, 5) is 2.35. The minimum absolute atomic E-state index is 0.0920. The monoisotopic (exact) mass is 311 g/mol. The molecule has 0 spiro atoms. The van der Waals surface area contributed by atoms with Crippen LogP contribution in [0.4, 0.5) is 11.4 Å². The number of hydrogen-bond donors (Lipinski definition) is 2. The quantitative estimate of drug-likeness (QED) is 0.756. The molecule has 2 rings (SSSR count). The number of anilines is 2. The van der Waals surface area contributed by atoms with Crippen molar-refractivity contribution < 1.29 is 8.42 Å². The van der Waals surface area contributed by atoms with Crippen molar-refractivity contribution in [3.63, 3.8) is 0 Å². The maximum Gasteiger partial charge on any atom is 0.233 e. The Balaban J connectivity index is 1.92. The predicted molar refractivity (Wildman–Crippen MR) is 88.5 cm³/mol. The van der Waals surface area contributed by atoms with Crippen LogP contribution in [0, 0.1) is 0 Å². The molecule has 0 bridgehead atoms. The Labute approximate surface area is 127 Å². The van der Waals surface area contributed by atoms with Crippen LogP contribution in [-0.2, 0) is 10.0 Å². The van der Waals surface area contributed by atoms with E-state index in [0.717, 1.165) is 19.6 Å². The van der Waals surface area contributed by atoms with Gasteiger partial charge in [0.05, 0.1) is 5.75 Å². The SMILES string of the molecule is CCNCCS(=O)(=O)Nc1ccc(N2CCCCC2)cc1. The lowest BCUT2D eigenvalue weighted by Crippen LogP contribution is -2.29. The second-order valence-corrected chi connectivity index (χ2v) is 7.21. The Morgan fingerprint density at radius 2 is 1.76 bits per heavy atom. The summed E-state index contributed by atoms with van der Waals surface area (Å²) in [6.07, 6.45) is 3.78. The first-order valence-electron chi connectivity index (χ1n) is 7.67. The fraction of sp³-hybridized carbons (Fsp3) is 0.600. The van der Waals surface area contributed by atoms with Crippen LogP contribution in [-0.4, -0.2) is 40.3 Å². The van der Waals surface area contributed by atoms with Crippen molar-refractivity contribution in [2.24, 2.45) is 0 Å². The summed E-state index contributed by atoms with van der Waals surface area (Å²) in [5, 5.41) is 3.02. The van der Waals surface area contributed by atoms with Crippen LogP contribution in [0.25, 0.3) is 0 Å². The molecule has 0 saturated carbocycles. The number of rotatable bonds is 7. The summed E-state index contributed by atoms with van der Waals surface area (Å²) in [7, 11) is -3.27. The van der Waals surface area contributed by atoms with Gasteiger partial charge in [0.25, 0.3) is 0 Å². The van der Waals surface area contributed by atoms with E-state index in [2.05, 4.69) is 14.9 Å². The number of hydrogen-bond acceptors (Lipinski definition) is 4. The average Bonchev–Trinajstić information content (AvgIpc) is 2.49. The first-order chi connectivity index (χ1) is 10.1. The van der Waals surface area contributed by atoms with Crippen LogP contribution < -0.4 is 14.9 Å². The normalized spacial score (nSPS) is 16.0. The number of piperidine rings is 1. The van der Waals surface area contributed by atoms with E-state index in [1.54, 1.807) is 0 Å². The topological polar surface area (TPSA) is 61.4 Å². The van der Waals surface area contributed by atoms with E-state index in [-0.39, 0.29) is 5.75 Å². The molecule has 6 heteroatoms. The van der Waals surface area contributed by atoms with Crippen molar-refractivity contribution in [3.8, 4) is 0 Å². The first kappa shape index (κ1) is 16.1. The van der Waals surface area contributed by atoms with Crippen LogP contribution >= 0.6 is 0 Å². The molecule has 0 unspecified atom stereocenters. The first-order valence-corrected chi connectivity index (χ1v) is 9.32. The zero-order chi connectivity index (χ0) is 15.1. The smallest absolute Gasteiger partial charge is 0.233 e. The molecule has 1 aromatic carbocycles. The molecule has 1 saturated heterocycles. The molecule has 0 aromatic heterocycles. The third kappa shape index (κ3) is 5.21. The molecule has 118 valence electrons. The molecule has 1 aliphatic heterocycles. The lowest BCUT2D eigenvalue weighted by molar-refractivity contribution is 0.578. The number of nitrogens with one attached hydrogen (secondary N) is 2. The van der Waals surface area contributed by atoms with E-state index >= 15 is 0 Å². The molecular weight excluding hydrogens is 286 g/mol. The fourth-order valence-corrected chi connectivity index (χ4v) is 3.52. The number of nitrogens with zero attached hydrogens (tertiary/aromatic N) is 1. The van der Waals surface area contributed by atoms with Gasteiger partial charge in [-0.25, -0.2) is 8.42 Å². The minimum Gasteiger partial charge on any atom is -0.372 e. The Hall–Kier alpha value is -1.27. The molecule has 0 atom stereocenters. The Kier molecular flexibility index (Phi) is 5.87. The second-order valence-electron chi connectivity index (χ2n) is 5.37. The highest BCUT2D eigenvalue weighted by Crippen LogP contribution is 2.22. The van der Waals surface area contributed by atoms with E-state index in [0.29, 0.717) is 12.2 Å². The van der Waals surface area contributed by atoms with Crippen molar-refractivity contribution in [3.05, 3.63) is 24.3 Å². The third-order valence-electron chi connectivity index (χ3n) is 3.66. The molecule has 0 radical (unpaired) electrons. The van der Waals surface area contributed by atoms with Crippen molar-refractivity contribution >= 4 is 21.4 Å². The standard InChI is InChI=1S/C15H25N3O2S/c1-2-16-10-13-21(19,20)17-14-6-8-15(9-7-14)18-11-4-3-5-12-18/h6-9,16-17H,2-5,10-13H2,1H3. The Morgan fingerprint density at radius 1 is 1.10 bits per heavy atom. The Bertz CT molecular complexity index is 522. The van der Waals surface area contributed by atoms with Crippen molar-refractivity contribution in [2.45, 2.75) is 26.2 Å². The summed E-state index contributed by atoms with van der Waals surface area (Å²) in [6.45, 7) is 5.39. The number of sulfonamides is 1. The van der Waals surface area contributed by atoms with Gasteiger partial charge in [-0.3, -0.25) is 4.72 Å². The van der Waals surface area contributed by atoms with Gasteiger partial charge in [-0.1, -0.05) is 6.92 Å². The summed E-state index contributed by atoms with van der Waals surface area (Å²) in [5.41, 5.74) is 1.80. The van der Waals surface area contributed by atoms with Crippen LogP contribution in [0.1, 0.15) is 26.2 Å². The van der Waals surface area contributed by atoms with Crippen LogP contribution in [0.3, 0.4) is 0 Å². The zero-order valence-corrected chi connectivity index (χ0v) is 13.5. The van der Waals surface area contributed by atoms with Gasteiger partial charge in [-0.15, -0.1) is 0 Å². The van der Waals surface area contributed by atoms with Crippen LogP contribution in [0.15, 0.2) is 24.3 Å². The van der Waals surface area contributed by atoms with E-state index < -0.39 is 10.0 Å². The van der Waals surface area contributed by atoms with Gasteiger partial charge in [0, 0.05) is 31.0 Å². The van der Waals surface area contributed by atoms with E-state index in [1.807, 2.05) is 31.2 Å². The molecule has 1 heterocycles. The molecule has 5 nitrogen and oxygen atoms in total. The fourth-order valence-electron chi connectivity index (χ4n) is 2.51. The van der Waals surface area contributed by atoms with Gasteiger partial charge in [-0.05, 0) is 50.1 Å². The van der Waals surface area contributed by atoms with E-state index in [9.17, 15) is 8.42 Å². The predicted octanol–water partition coefficient (Wildman–Crippen LogP) is 2.03. The maximum absolute atomic E-state index is 11.9. The lowest BCUT2D eigenvalue weighted by Gasteiger charge is -2.28. The van der Waals surface area contributed by atoms with Gasteiger partial charge < -0.3 is 10.2 Å². The van der Waals surface area contributed by atoms with Gasteiger partial charge in [-0.2, -0.15) is 0 Å². The van der Waals surface area contributed by atoms with E-state index in [1.165, 1.54) is 24.9 Å². The van der Waals surface area contributed by atoms with Crippen LogP contribution in [0.5, 0.6) is 0 Å². The highest BCUT2D eigenvalue weighted by Gasteiger charge is 2.12. The Morgan fingerprint density at radius 3 is 2.38 bits per heavy atom. The minimum atomic E-state index is -3.27. The van der Waals surface area contributed by atoms with E-state index in [4.69, 9.17) is 0 Å². The highest BCUT2D eigenvalue weighted by molar-refractivity contribution is 7.92. The summed E-state index contributed by atoms with van der Waals surface area (Å²) < 4.78 is 26.4. The molecule has 1 aliphatic rings. The lowest BCUT2D eigenvalue weighted by atomic mass is 10.1. The molecule has 0 aliphatic carbocycles.